The molecule has 0 spiro atoms. The van der Waals surface area contributed by atoms with Gasteiger partial charge in [0.15, 0.2) is 0 Å². The average Bonchev–Trinajstić information content (AvgIpc) is 2.59. The Kier molecular flexibility index (Phi) is 6.94. The van der Waals surface area contributed by atoms with Crippen molar-refractivity contribution >= 4 is 5.91 Å². The third-order valence-electron chi connectivity index (χ3n) is 3.98. The fraction of sp³-hybridized carbons (Fsp3) is 0.350. The van der Waals surface area contributed by atoms with Crippen LogP contribution in [0.25, 0.3) is 0 Å². The lowest BCUT2D eigenvalue weighted by atomic mass is 10.0. The molecule has 0 aliphatic rings. The van der Waals surface area contributed by atoms with Crippen molar-refractivity contribution in [1.82, 2.24) is 4.90 Å². The monoisotopic (exact) mass is 328 g/mol. The third kappa shape index (κ3) is 5.46. The second-order valence-corrected chi connectivity index (χ2v) is 6.00. The summed E-state index contributed by atoms with van der Waals surface area (Å²) in [7, 11) is 0. The van der Waals surface area contributed by atoms with Crippen LogP contribution in [-0.4, -0.2) is 29.9 Å². The molecule has 0 saturated heterocycles. The number of nitrogens with two attached hydrogens (primary N) is 1. The minimum atomic E-state index is -0.550. The molecule has 1 atom stereocenters. The van der Waals surface area contributed by atoms with E-state index in [1.807, 2.05) is 43.3 Å². The third-order valence-corrected chi connectivity index (χ3v) is 3.98. The Hall–Kier alpha value is -2.20. The van der Waals surface area contributed by atoms with E-state index in [4.69, 9.17) is 5.73 Å². The minimum absolute atomic E-state index is 0.0443. The van der Waals surface area contributed by atoms with Gasteiger partial charge in [-0.3, -0.25) is 4.79 Å². The van der Waals surface area contributed by atoms with E-state index in [1.54, 1.807) is 11.0 Å². The molecule has 24 heavy (non-hydrogen) atoms. The first-order valence-corrected chi connectivity index (χ1v) is 8.43. The Balaban J connectivity index is 1.96. The first kappa shape index (κ1) is 18.1. The Morgan fingerprint density at radius 2 is 1.79 bits per heavy atom. The minimum Gasteiger partial charge on any atom is -0.341 e. The number of carbonyl (C=O) groups is 1. The van der Waals surface area contributed by atoms with Gasteiger partial charge in [-0.15, -0.1) is 0 Å². The van der Waals surface area contributed by atoms with Gasteiger partial charge in [0.05, 0.1) is 6.04 Å². The zero-order valence-electron chi connectivity index (χ0n) is 14.1. The Morgan fingerprint density at radius 1 is 1.08 bits per heavy atom. The Morgan fingerprint density at radius 3 is 2.46 bits per heavy atom. The standard InChI is InChI=1S/C20H25FN2O/c1-2-12-23(13-11-17-9-6-10-18(21)14-17)20(24)19(22)15-16-7-4-3-5-8-16/h3-10,14,19H,2,11-13,15,22H2,1H3/t19-/m0/s1. The average molecular weight is 328 g/mol. The van der Waals surface area contributed by atoms with Gasteiger partial charge >= 0.3 is 0 Å². The largest absolute Gasteiger partial charge is 0.341 e. The van der Waals surface area contributed by atoms with Crippen molar-refractivity contribution in [3.63, 3.8) is 0 Å². The van der Waals surface area contributed by atoms with Crippen LogP contribution in [0.15, 0.2) is 54.6 Å². The van der Waals surface area contributed by atoms with Crippen LogP contribution in [0.4, 0.5) is 4.39 Å². The van der Waals surface area contributed by atoms with Crippen LogP contribution in [-0.2, 0) is 17.6 Å². The molecule has 1 amide bonds. The molecule has 2 aromatic carbocycles. The number of halogens is 1. The van der Waals surface area contributed by atoms with Crippen LogP contribution < -0.4 is 5.73 Å². The molecular weight excluding hydrogens is 303 g/mol. The van der Waals surface area contributed by atoms with Gasteiger partial charge in [0, 0.05) is 13.1 Å². The molecule has 2 N–H and O–H groups in total. The summed E-state index contributed by atoms with van der Waals surface area (Å²) < 4.78 is 13.3. The summed E-state index contributed by atoms with van der Waals surface area (Å²) >= 11 is 0. The molecule has 4 heteroatoms. The van der Waals surface area contributed by atoms with Crippen LogP contribution in [0.2, 0.25) is 0 Å². The molecule has 0 aromatic heterocycles. The highest BCUT2D eigenvalue weighted by Gasteiger charge is 2.20. The maximum atomic E-state index is 13.3. The van der Waals surface area contributed by atoms with Gasteiger partial charge in [-0.05, 0) is 42.5 Å². The molecule has 0 radical (unpaired) electrons. The first-order chi connectivity index (χ1) is 11.6. The molecule has 0 saturated carbocycles. The number of benzene rings is 2. The number of hydrogen-bond acceptors (Lipinski definition) is 2. The zero-order chi connectivity index (χ0) is 17.4. The molecular formula is C20H25FN2O. The van der Waals surface area contributed by atoms with Gasteiger partial charge in [-0.2, -0.15) is 0 Å². The van der Waals surface area contributed by atoms with Gasteiger partial charge in [0.25, 0.3) is 0 Å². The summed E-state index contributed by atoms with van der Waals surface area (Å²) in [5, 5.41) is 0. The van der Waals surface area contributed by atoms with Crippen molar-refractivity contribution in [3.05, 3.63) is 71.5 Å². The summed E-state index contributed by atoms with van der Waals surface area (Å²) in [6.07, 6.45) is 2.02. The molecule has 0 heterocycles. The van der Waals surface area contributed by atoms with Gasteiger partial charge in [0.2, 0.25) is 5.91 Å². The molecule has 3 nitrogen and oxygen atoms in total. The second-order valence-electron chi connectivity index (χ2n) is 6.00. The van der Waals surface area contributed by atoms with E-state index in [2.05, 4.69) is 0 Å². The van der Waals surface area contributed by atoms with Gasteiger partial charge in [0.1, 0.15) is 5.82 Å². The molecule has 0 unspecified atom stereocenters. The van der Waals surface area contributed by atoms with Crippen LogP contribution in [0, 0.1) is 5.82 Å². The van der Waals surface area contributed by atoms with Crippen LogP contribution in [0.5, 0.6) is 0 Å². The lowest BCUT2D eigenvalue weighted by Crippen LogP contribution is -2.46. The van der Waals surface area contributed by atoms with Crippen molar-refractivity contribution in [1.29, 1.82) is 0 Å². The lowest BCUT2D eigenvalue weighted by molar-refractivity contribution is -0.132. The predicted octanol–water partition coefficient (Wildman–Crippen LogP) is 3.18. The maximum Gasteiger partial charge on any atom is 0.239 e. The molecule has 0 fully saturated rings. The van der Waals surface area contributed by atoms with Crippen molar-refractivity contribution < 1.29 is 9.18 Å². The molecule has 2 aromatic rings. The van der Waals surface area contributed by atoms with Crippen LogP contribution in [0.3, 0.4) is 0 Å². The van der Waals surface area contributed by atoms with Gasteiger partial charge < -0.3 is 10.6 Å². The van der Waals surface area contributed by atoms with Crippen LogP contribution >= 0.6 is 0 Å². The number of nitrogens with zero attached hydrogens (tertiary/aromatic N) is 1. The van der Waals surface area contributed by atoms with E-state index >= 15 is 0 Å². The van der Waals surface area contributed by atoms with Crippen LogP contribution in [0.1, 0.15) is 24.5 Å². The molecule has 2 rings (SSSR count). The van der Waals surface area contributed by atoms with Crippen molar-refractivity contribution in [2.75, 3.05) is 13.1 Å². The van der Waals surface area contributed by atoms with E-state index in [-0.39, 0.29) is 11.7 Å². The fourth-order valence-corrected chi connectivity index (χ4v) is 2.75. The highest BCUT2D eigenvalue weighted by atomic mass is 19.1. The fourth-order valence-electron chi connectivity index (χ4n) is 2.75. The summed E-state index contributed by atoms with van der Waals surface area (Å²) in [4.78, 5) is 14.4. The number of carbonyl (C=O) groups excluding carboxylic acids is 1. The quantitative estimate of drug-likeness (QED) is 0.809. The summed E-state index contributed by atoms with van der Waals surface area (Å²) in [5.74, 6) is -0.293. The lowest BCUT2D eigenvalue weighted by Gasteiger charge is -2.25. The number of amides is 1. The predicted molar refractivity (Wildman–Crippen MR) is 95.1 cm³/mol. The Bertz CT molecular complexity index is 645. The van der Waals surface area contributed by atoms with Crippen molar-refractivity contribution in [2.45, 2.75) is 32.2 Å². The van der Waals surface area contributed by atoms with E-state index in [1.165, 1.54) is 12.1 Å². The number of rotatable bonds is 8. The van der Waals surface area contributed by atoms with Crippen molar-refractivity contribution in [2.24, 2.45) is 5.73 Å². The highest BCUT2D eigenvalue weighted by Crippen LogP contribution is 2.08. The number of hydrogen-bond donors (Lipinski definition) is 1. The first-order valence-electron chi connectivity index (χ1n) is 8.43. The summed E-state index contributed by atoms with van der Waals surface area (Å²) in [5.41, 5.74) is 8.07. The smallest absolute Gasteiger partial charge is 0.239 e. The summed E-state index contributed by atoms with van der Waals surface area (Å²) in [6, 6.07) is 15.7. The molecule has 128 valence electrons. The van der Waals surface area contributed by atoms with E-state index in [9.17, 15) is 9.18 Å². The second kappa shape index (κ2) is 9.18. The van der Waals surface area contributed by atoms with E-state index < -0.39 is 6.04 Å². The Labute approximate surface area is 143 Å². The van der Waals surface area contributed by atoms with E-state index in [0.29, 0.717) is 25.9 Å². The molecule has 0 aliphatic heterocycles. The van der Waals surface area contributed by atoms with Crippen molar-refractivity contribution in [3.8, 4) is 0 Å². The van der Waals surface area contributed by atoms with E-state index in [0.717, 1.165) is 17.5 Å². The molecule has 0 aliphatic carbocycles. The zero-order valence-corrected chi connectivity index (χ0v) is 14.1. The highest BCUT2D eigenvalue weighted by molar-refractivity contribution is 5.82. The SMILES string of the molecule is CCCN(CCc1cccc(F)c1)C(=O)[C@@H](N)Cc1ccccc1. The van der Waals surface area contributed by atoms with Gasteiger partial charge in [-0.25, -0.2) is 4.39 Å². The topological polar surface area (TPSA) is 46.3 Å². The van der Waals surface area contributed by atoms with Gasteiger partial charge in [-0.1, -0.05) is 49.4 Å². The molecule has 0 bridgehead atoms. The normalized spacial score (nSPS) is 12.0. The maximum absolute atomic E-state index is 13.3. The summed E-state index contributed by atoms with van der Waals surface area (Å²) in [6.45, 7) is 3.25.